The molecule has 2 amide bonds. The van der Waals surface area contributed by atoms with Crippen LogP contribution >= 0.6 is 24.2 Å². The Hall–Kier alpha value is -0.460. The van der Waals surface area contributed by atoms with Crippen molar-refractivity contribution in [1.29, 1.82) is 0 Å². The van der Waals surface area contributed by atoms with E-state index in [0.717, 1.165) is 18.6 Å². The summed E-state index contributed by atoms with van der Waals surface area (Å²) in [5.74, 6) is 1.86. The molecule has 3 rings (SSSR count). The lowest BCUT2D eigenvalue weighted by Crippen LogP contribution is -2.55. The van der Waals surface area contributed by atoms with Crippen LogP contribution in [0.25, 0.3) is 0 Å². The summed E-state index contributed by atoms with van der Waals surface area (Å²) in [5, 5.41) is 3.22. The van der Waals surface area contributed by atoms with E-state index in [1.54, 1.807) is 4.90 Å². The normalized spacial score (nSPS) is 35.3. The van der Waals surface area contributed by atoms with Gasteiger partial charge in [-0.25, -0.2) is 0 Å². The maximum atomic E-state index is 12.2. The first-order chi connectivity index (χ1) is 9.63. The van der Waals surface area contributed by atoms with Crippen molar-refractivity contribution in [2.24, 2.45) is 17.6 Å². The highest BCUT2D eigenvalue weighted by molar-refractivity contribution is 8.13. The van der Waals surface area contributed by atoms with Crippen molar-refractivity contribution < 1.29 is 9.59 Å². The summed E-state index contributed by atoms with van der Waals surface area (Å²) in [6.45, 7) is 0.910. The summed E-state index contributed by atoms with van der Waals surface area (Å²) >= 11 is 1.30. The van der Waals surface area contributed by atoms with Gasteiger partial charge in [-0.3, -0.25) is 9.59 Å². The maximum Gasteiger partial charge on any atom is 0.282 e. The lowest BCUT2D eigenvalue weighted by molar-refractivity contribution is -0.123. The van der Waals surface area contributed by atoms with Crippen molar-refractivity contribution >= 4 is 35.3 Å². The number of fused-ring (bicyclic) bond motifs is 2. The molecule has 3 fully saturated rings. The molecule has 2 unspecified atom stereocenters. The molecule has 0 aromatic rings. The highest BCUT2D eigenvalue weighted by Gasteiger charge is 2.40. The van der Waals surface area contributed by atoms with Gasteiger partial charge in [0, 0.05) is 24.4 Å². The molecule has 0 aromatic heterocycles. The number of nitrogens with two attached hydrogens (primary N) is 1. The molecule has 1 heterocycles. The van der Waals surface area contributed by atoms with Gasteiger partial charge in [0.05, 0.1) is 0 Å². The highest BCUT2D eigenvalue weighted by atomic mass is 35.5. The number of nitrogens with one attached hydrogen (secondary N) is 1. The van der Waals surface area contributed by atoms with Crippen LogP contribution in [-0.2, 0) is 4.79 Å². The van der Waals surface area contributed by atoms with E-state index in [9.17, 15) is 9.59 Å². The molecule has 3 aliphatic rings. The van der Waals surface area contributed by atoms with E-state index in [0.29, 0.717) is 24.4 Å². The van der Waals surface area contributed by atoms with Gasteiger partial charge in [-0.1, -0.05) is 18.2 Å². The van der Waals surface area contributed by atoms with E-state index < -0.39 is 0 Å². The molecule has 120 valence electrons. The zero-order valence-electron chi connectivity index (χ0n) is 12.1. The quantitative estimate of drug-likeness (QED) is 0.822. The predicted octanol–water partition coefficient (Wildman–Crippen LogP) is 1.60. The fraction of sp³-hybridized carbons (Fsp3) is 0.857. The summed E-state index contributed by atoms with van der Waals surface area (Å²) in [6.07, 6.45) is 5.66. The molecule has 2 atom stereocenters. The molecule has 2 saturated carbocycles. The van der Waals surface area contributed by atoms with Crippen LogP contribution < -0.4 is 11.1 Å². The smallest absolute Gasteiger partial charge is 0.282 e. The van der Waals surface area contributed by atoms with E-state index in [-0.39, 0.29) is 36.1 Å². The lowest BCUT2D eigenvalue weighted by atomic mass is 9.67. The topological polar surface area (TPSA) is 75.4 Å². The van der Waals surface area contributed by atoms with E-state index in [1.165, 1.54) is 31.0 Å². The van der Waals surface area contributed by atoms with Gasteiger partial charge < -0.3 is 16.0 Å². The number of halogens is 1. The number of carbonyl (C=O) groups is 2. The Morgan fingerprint density at radius 1 is 1.33 bits per heavy atom. The van der Waals surface area contributed by atoms with Crippen LogP contribution in [0.3, 0.4) is 0 Å². The summed E-state index contributed by atoms with van der Waals surface area (Å²) in [6, 6.07) is 0.580. The molecular weight excluding hydrogens is 310 g/mol. The Morgan fingerprint density at radius 2 is 2.00 bits per heavy atom. The Morgan fingerprint density at radius 3 is 2.57 bits per heavy atom. The number of hydrogen-bond donors (Lipinski definition) is 2. The Bertz CT molecular complexity index is 396. The second-order valence-electron chi connectivity index (χ2n) is 6.31. The summed E-state index contributed by atoms with van der Waals surface area (Å²) in [5.41, 5.74) is 6.10. The van der Waals surface area contributed by atoms with Crippen LogP contribution in [0.5, 0.6) is 0 Å². The number of rotatable bonds is 3. The van der Waals surface area contributed by atoms with Crippen LogP contribution in [0.4, 0.5) is 4.79 Å². The van der Waals surface area contributed by atoms with Gasteiger partial charge in [-0.15, -0.1) is 12.4 Å². The number of nitrogens with zero attached hydrogens (tertiary/aromatic N) is 1. The van der Waals surface area contributed by atoms with Crippen molar-refractivity contribution in [2.75, 3.05) is 18.8 Å². The lowest BCUT2D eigenvalue weighted by Gasteiger charge is -2.45. The second-order valence-corrected chi connectivity index (χ2v) is 7.36. The van der Waals surface area contributed by atoms with E-state index >= 15 is 0 Å². The van der Waals surface area contributed by atoms with Crippen LogP contribution in [0.1, 0.15) is 32.1 Å². The predicted molar refractivity (Wildman–Crippen MR) is 86.6 cm³/mol. The van der Waals surface area contributed by atoms with E-state index in [2.05, 4.69) is 5.32 Å². The van der Waals surface area contributed by atoms with Gasteiger partial charge in [0.15, 0.2) is 0 Å². The second kappa shape index (κ2) is 7.20. The summed E-state index contributed by atoms with van der Waals surface area (Å²) < 4.78 is 0. The molecule has 0 spiro atoms. The fourth-order valence-electron chi connectivity index (χ4n) is 4.00. The molecule has 1 saturated heterocycles. The van der Waals surface area contributed by atoms with Crippen molar-refractivity contribution in [1.82, 2.24) is 10.2 Å². The van der Waals surface area contributed by atoms with Gasteiger partial charge in [0.2, 0.25) is 5.91 Å². The molecule has 0 radical (unpaired) electrons. The molecule has 2 bridgehead atoms. The van der Waals surface area contributed by atoms with Crippen molar-refractivity contribution in [2.45, 2.75) is 44.2 Å². The number of thioether (sulfide) groups is 1. The van der Waals surface area contributed by atoms with Gasteiger partial charge >= 0.3 is 0 Å². The standard InChI is InChI=1S/C14H23N3O2S.ClH/c15-11-6-9-2-1-3-10(7-11)13(9)16-12(18)8-17-4-5-20-14(17)19;/h9-11,13H,1-8,15H2,(H,16,18);1H. The SMILES string of the molecule is Cl.NC1CC2CCCC(C1)C2NC(=O)CN1CCSC1=O. The zero-order chi connectivity index (χ0) is 14.1. The molecule has 7 heteroatoms. The Balaban J connectivity index is 0.00000161. The molecule has 5 nitrogen and oxygen atoms in total. The number of carbonyl (C=O) groups excluding carboxylic acids is 2. The first kappa shape index (κ1) is 16.9. The summed E-state index contributed by atoms with van der Waals surface area (Å²) in [7, 11) is 0. The minimum absolute atomic E-state index is 0. The average Bonchev–Trinajstić information content (AvgIpc) is 2.76. The molecule has 21 heavy (non-hydrogen) atoms. The van der Waals surface area contributed by atoms with Crippen molar-refractivity contribution in [3.05, 3.63) is 0 Å². The molecule has 2 aliphatic carbocycles. The fourth-order valence-corrected chi connectivity index (χ4v) is 4.82. The van der Waals surface area contributed by atoms with Crippen LogP contribution in [0, 0.1) is 11.8 Å². The van der Waals surface area contributed by atoms with Crippen LogP contribution in [-0.4, -0.2) is 47.0 Å². The molecule has 3 N–H and O–H groups in total. The zero-order valence-corrected chi connectivity index (χ0v) is 13.8. The number of hydrogen-bond acceptors (Lipinski definition) is 4. The third-order valence-corrected chi connectivity index (χ3v) is 5.78. The summed E-state index contributed by atoms with van der Waals surface area (Å²) in [4.78, 5) is 25.4. The monoisotopic (exact) mass is 333 g/mol. The van der Waals surface area contributed by atoms with Crippen molar-refractivity contribution in [3.8, 4) is 0 Å². The van der Waals surface area contributed by atoms with Crippen molar-refractivity contribution in [3.63, 3.8) is 0 Å². The number of amides is 2. The molecule has 0 aromatic carbocycles. The average molecular weight is 334 g/mol. The highest BCUT2D eigenvalue weighted by Crippen LogP contribution is 2.39. The third-order valence-electron chi connectivity index (χ3n) is 4.88. The molecular formula is C14H24ClN3O2S. The maximum absolute atomic E-state index is 12.2. The minimum Gasteiger partial charge on any atom is -0.351 e. The van der Waals surface area contributed by atoms with Gasteiger partial charge in [0.25, 0.3) is 5.24 Å². The van der Waals surface area contributed by atoms with E-state index in [4.69, 9.17) is 5.73 Å². The Kier molecular flexibility index (Phi) is 5.80. The van der Waals surface area contributed by atoms with Crippen LogP contribution in [0.2, 0.25) is 0 Å². The third kappa shape index (κ3) is 3.85. The first-order valence-electron chi connectivity index (χ1n) is 7.60. The Labute approximate surface area is 136 Å². The molecule has 1 aliphatic heterocycles. The largest absolute Gasteiger partial charge is 0.351 e. The minimum atomic E-state index is -0.00165. The van der Waals surface area contributed by atoms with Gasteiger partial charge in [-0.05, 0) is 37.5 Å². The van der Waals surface area contributed by atoms with Crippen LogP contribution in [0.15, 0.2) is 0 Å². The first-order valence-corrected chi connectivity index (χ1v) is 8.58. The van der Waals surface area contributed by atoms with Gasteiger partial charge in [-0.2, -0.15) is 0 Å². The van der Waals surface area contributed by atoms with Gasteiger partial charge in [0.1, 0.15) is 6.54 Å². The van der Waals surface area contributed by atoms with E-state index in [1.807, 2.05) is 0 Å².